The van der Waals surface area contributed by atoms with Crippen molar-refractivity contribution < 1.29 is 4.79 Å². The van der Waals surface area contributed by atoms with Crippen LogP contribution in [0.3, 0.4) is 0 Å². The van der Waals surface area contributed by atoms with Gasteiger partial charge >= 0.3 is 0 Å². The molecule has 0 spiro atoms. The highest BCUT2D eigenvalue weighted by Crippen LogP contribution is 2.65. The second-order valence-electron chi connectivity index (χ2n) is 6.22. The Morgan fingerprint density at radius 3 is 2.67 bits per heavy atom. The average molecular weight is 204 g/mol. The molecule has 1 heteroatoms. The molecule has 0 aromatic carbocycles. The molecule has 3 aliphatic rings. The Labute approximate surface area is 91.9 Å². The van der Waals surface area contributed by atoms with Crippen LogP contribution in [0, 0.1) is 10.8 Å². The van der Waals surface area contributed by atoms with Gasteiger partial charge in [0.05, 0.1) is 0 Å². The Bertz CT molecular complexity index is 366. The first-order valence-corrected chi connectivity index (χ1v) is 6.28. The third-order valence-electron chi connectivity index (χ3n) is 5.44. The first-order chi connectivity index (χ1) is 7.05. The highest BCUT2D eigenvalue weighted by atomic mass is 16.1. The summed E-state index contributed by atoms with van der Waals surface area (Å²) in [5.41, 5.74) is 4.04. The van der Waals surface area contributed by atoms with E-state index < -0.39 is 0 Å². The summed E-state index contributed by atoms with van der Waals surface area (Å²) in [6.07, 6.45) is 7.98. The van der Waals surface area contributed by atoms with E-state index in [9.17, 15) is 4.79 Å². The van der Waals surface area contributed by atoms with Crippen molar-refractivity contribution in [2.75, 3.05) is 0 Å². The predicted molar refractivity (Wildman–Crippen MR) is 60.6 cm³/mol. The molecule has 0 N–H and O–H groups in total. The SMILES string of the molecule is C[C@@]12CCC(=O)C[C@]1(C)C1=C(CCC1)C2. The Kier molecular flexibility index (Phi) is 1.76. The Balaban J connectivity index is 2.05. The zero-order chi connectivity index (χ0) is 10.7. The molecule has 3 rings (SSSR count). The number of ketones is 1. The van der Waals surface area contributed by atoms with E-state index in [0.29, 0.717) is 11.2 Å². The van der Waals surface area contributed by atoms with Crippen LogP contribution in [0.4, 0.5) is 0 Å². The predicted octanol–water partition coefficient (Wildman–Crippen LogP) is 3.64. The maximum Gasteiger partial charge on any atom is 0.133 e. The second-order valence-corrected chi connectivity index (χ2v) is 6.22. The fourth-order valence-corrected chi connectivity index (χ4v) is 4.28. The molecular weight excluding hydrogens is 184 g/mol. The minimum absolute atomic E-state index is 0.230. The first-order valence-electron chi connectivity index (χ1n) is 6.28. The summed E-state index contributed by atoms with van der Waals surface area (Å²) >= 11 is 0. The Morgan fingerprint density at radius 1 is 1.07 bits per heavy atom. The molecule has 3 aliphatic carbocycles. The molecule has 1 saturated carbocycles. The lowest BCUT2D eigenvalue weighted by atomic mass is 9.56. The highest BCUT2D eigenvalue weighted by Gasteiger charge is 2.56. The normalized spacial score (nSPS) is 44.5. The van der Waals surface area contributed by atoms with Gasteiger partial charge in [0.1, 0.15) is 5.78 Å². The van der Waals surface area contributed by atoms with Crippen LogP contribution in [0.25, 0.3) is 0 Å². The van der Waals surface area contributed by atoms with Gasteiger partial charge < -0.3 is 0 Å². The van der Waals surface area contributed by atoms with E-state index >= 15 is 0 Å². The molecule has 0 aromatic heterocycles. The lowest BCUT2D eigenvalue weighted by Gasteiger charge is -2.47. The summed E-state index contributed by atoms with van der Waals surface area (Å²) in [6.45, 7) is 4.77. The third-order valence-corrected chi connectivity index (χ3v) is 5.44. The molecule has 1 fully saturated rings. The second kappa shape index (κ2) is 2.75. The Morgan fingerprint density at radius 2 is 1.87 bits per heavy atom. The fraction of sp³-hybridized carbons (Fsp3) is 0.786. The molecular formula is C14H20O. The van der Waals surface area contributed by atoms with Crippen LogP contribution < -0.4 is 0 Å². The van der Waals surface area contributed by atoms with Crippen LogP contribution in [0.1, 0.15) is 58.8 Å². The summed E-state index contributed by atoms with van der Waals surface area (Å²) in [6, 6.07) is 0. The number of carbonyl (C=O) groups is 1. The summed E-state index contributed by atoms with van der Waals surface area (Å²) in [4.78, 5) is 11.7. The van der Waals surface area contributed by atoms with Gasteiger partial charge in [-0.2, -0.15) is 0 Å². The van der Waals surface area contributed by atoms with E-state index in [4.69, 9.17) is 0 Å². The van der Waals surface area contributed by atoms with Gasteiger partial charge in [-0.25, -0.2) is 0 Å². The van der Waals surface area contributed by atoms with Gasteiger partial charge in [-0.1, -0.05) is 25.0 Å². The number of carbonyl (C=O) groups excluding carboxylic acids is 1. The van der Waals surface area contributed by atoms with Gasteiger partial charge in [-0.15, -0.1) is 0 Å². The van der Waals surface area contributed by atoms with E-state index in [1.165, 1.54) is 25.7 Å². The van der Waals surface area contributed by atoms with Crippen LogP contribution in [0.15, 0.2) is 11.1 Å². The largest absolute Gasteiger partial charge is 0.300 e. The first kappa shape index (κ1) is 9.62. The van der Waals surface area contributed by atoms with E-state index in [0.717, 1.165) is 19.3 Å². The maximum atomic E-state index is 11.7. The molecule has 15 heavy (non-hydrogen) atoms. The smallest absolute Gasteiger partial charge is 0.133 e. The summed E-state index contributed by atoms with van der Waals surface area (Å²) in [5, 5.41) is 0. The molecule has 0 aliphatic heterocycles. The molecule has 0 unspecified atom stereocenters. The van der Waals surface area contributed by atoms with Crippen molar-refractivity contribution >= 4 is 5.78 Å². The standard InChI is InChI=1S/C14H20O/c1-13-7-6-11(15)9-14(13,2)12-5-3-4-10(12)8-13/h3-9H2,1-2H3/t13-,14+/m0/s1. The van der Waals surface area contributed by atoms with Gasteiger partial charge in [0, 0.05) is 18.3 Å². The van der Waals surface area contributed by atoms with Crippen LogP contribution in [0.5, 0.6) is 0 Å². The van der Waals surface area contributed by atoms with Gasteiger partial charge in [0.25, 0.3) is 0 Å². The molecule has 0 aromatic rings. The third kappa shape index (κ3) is 1.07. The van der Waals surface area contributed by atoms with Crippen molar-refractivity contribution in [2.45, 2.75) is 58.8 Å². The quantitative estimate of drug-likeness (QED) is 0.551. The van der Waals surface area contributed by atoms with Gasteiger partial charge in [-0.05, 0) is 37.5 Å². The van der Waals surface area contributed by atoms with E-state index in [1.807, 2.05) is 0 Å². The molecule has 1 nitrogen and oxygen atoms in total. The number of hydrogen-bond donors (Lipinski definition) is 0. The Hall–Kier alpha value is -0.590. The molecule has 0 heterocycles. The average Bonchev–Trinajstić information content (AvgIpc) is 2.67. The van der Waals surface area contributed by atoms with E-state index in [-0.39, 0.29) is 5.41 Å². The number of Topliss-reactive ketones (excluding diaryl/α,β-unsaturated/α-hetero) is 1. The molecule has 0 bridgehead atoms. The van der Waals surface area contributed by atoms with Crippen LogP contribution >= 0.6 is 0 Å². The molecule has 0 amide bonds. The summed E-state index contributed by atoms with van der Waals surface area (Å²) < 4.78 is 0. The van der Waals surface area contributed by atoms with Crippen LogP contribution in [0.2, 0.25) is 0 Å². The highest BCUT2D eigenvalue weighted by molar-refractivity contribution is 5.81. The van der Waals surface area contributed by atoms with Gasteiger partial charge in [-0.3, -0.25) is 4.79 Å². The van der Waals surface area contributed by atoms with E-state index in [1.54, 1.807) is 11.1 Å². The van der Waals surface area contributed by atoms with Gasteiger partial charge in [0.2, 0.25) is 0 Å². The topological polar surface area (TPSA) is 17.1 Å². The minimum atomic E-state index is 0.230. The minimum Gasteiger partial charge on any atom is -0.300 e. The fourth-order valence-electron chi connectivity index (χ4n) is 4.28. The number of fused-ring (bicyclic) bond motifs is 2. The summed E-state index contributed by atoms with van der Waals surface area (Å²) in [5.74, 6) is 0.496. The van der Waals surface area contributed by atoms with Crippen LogP contribution in [-0.2, 0) is 4.79 Å². The van der Waals surface area contributed by atoms with Crippen molar-refractivity contribution in [3.05, 3.63) is 11.1 Å². The molecule has 82 valence electrons. The lowest BCUT2D eigenvalue weighted by Crippen LogP contribution is -2.41. The van der Waals surface area contributed by atoms with Crippen molar-refractivity contribution in [1.82, 2.24) is 0 Å². The van der Waals surface area contributed by atoms with Crippen molar-refractivity contribution in [1.29, 1.82) is 0 Å². The number of hydrogen-bond acceptors (Lipinski definition) is 1. The maximum absolute atomic E-state index is 11.7. The number of rotatable bonds is 0. The number of allylic oxidation sites excluding steroid dienone is 2. The molecule has 2 atom stereocenters. The van der Waals surface area contributed by atoms with Crippen molar-refractivity contribution in [2.24, 2.45) is 10.8 Å². The lowest BCUT2D eigenvalue weighted by molar-refractivity contribution is -0.127. The van der Waals surface area contributed by atoms with Crippen LogP contribution in [-0.4, -0.2) is 5.78 Å². The zero-order valence-corrected chi connectivity index (χ0v) is 9.86. The summed E-state index contributed by atoms with van der Waals surface area (Å²) in [7, 11) is 0. The molecule has 0 radical (unpaired) electrons. The zero-order valence-electron chi connectivity index (χ0n) is 9.86. The van der Waals surface area contributed by atoms with Crippen molar-refractivity contribution in [3.8, 4) is 0 Å². The van der Waals surface area contributed by atoms with Crippen molar-refractivity contribution in [3.63, 3.8) is 0 Å². The van der Waals surface area contributed by atoms with E-state index in [2.05, 4.69) is 13.8 Å². The van der Waals surface area contributed by atoms with Gasteiger partial charge in [0.15, 0.2) is 0 Å². The molecule has 0 saturated heterocycles. The monoisotopic (exact) mass is 204 g/mol.